The molecule has 0 bridgehead atoms. The fraction of sp³-hybridized carbons (Fsp3) is 0.727. The number of esters is 1. The Labute approximate surface area is 105 Å². The molecule has 0 saturated carbocycles. The van der Waals surface area contributed by atoms with E-state index in [0.29, 0.717) is 0 Å². The van der Waals surface area contributed by atoms with Crippen LogP contribution in [0.4, 0.5) is 4.79 Å². The minimum absolute atomic E-state index is 0.741. The largest absolute Gasteiger partial charge is 0.509 e. The molecule has 0 heterocycles. The molecule has 0 fully saturated rings. The maximum absolute atomic E-state index is 11.3. The van der Waals surface area contributed by atoms with Crippen LogP contribution < -0.4 is 0 Å². The SMILES string of the molecule is C[C@H](OC(=O)[C@H](C)OC(=O)OC(C)(C)C)C(=O)O. The molecule has 0 aliphatic carbocycles. The van der Waals surface area contributed by atoms with Crippen molar-refractivity contribution in [2.24, 2.45) is 0 Å². The van der Waals surface area contributed by atoms with E-state index in [-0.39, 0.29) is 0 Å². The normalized spacial score (nSPS) is 14.3. The third-order valence-electron chi connectivity index (χ3n) is 1.64. The van der Waals surface area contributed by atoms with Gasteiger partial charge < -0.3 is 19.3 Å². The Bertz CT molecular complexity index is 329. The molecule has 0 aliphatic heterocycles. The van der Waals surface area contributed by atoms with Crippen LogP contribution in [-0.2, 0) is 23.8 Å². The van der Waals surface area contributed by atoms with Gasteiger partial charge in [-0.15, -0.1) is 0 Å². The van der Waals surface area contributed by atoms with Gasteiger partial charge in [0.25, 0.3) is 0 Å². The molecule has 0 radical (unpaired) electrons. The van der Waals surface area contributed by atoms with Crippen LogP contribution in [0.15, 0.2) is 0 Å². The van der Waals surface area contributed by atoms with Gasteiger partial charge >= 0.3 is 18.1 Å². The molecule has 0 aromatic rings. The van der Waals surface area contributed by atoms with Gasteiger partial charge in [-0.25, -0.2) is 14.4 Å². The van der Waals surface area contributed by atoms with Crippen molar-refractivity contribution in [3.8, 4) is 0 Å². The smallest absolute Gasteiger partial charge is 0.479 e. The second-order valence-corrected chi connectivity index (χ2v) is 4.64. The summed E-state index contributed by atoms with van der Waals surface area (Å²) in [4.78, 5) is 33.0. The number of carboxylic acid groups (broad SMARTS) is 1. The molecule has 0 spiro atoms. The summed E-state index contributed by atoms with van der Waals surface area (Å²) in [7, 11) is 0. The Hall–Kier alpha value is -1.79. The zero-order valence-electron chi connectivity index (χ0n) is 11.1. The first-order valence-corrected chi connectivity index (χ1v) is 5.36. The molecule has 0 amide bonds. The van der Waals surface area contributed by atoms with E-state index < -0.39 is 35.9 Å². The van der Waals surface area contributed by atoms with E-state index in [1.165, 1.54) is 13.8 Å². The summed E-state index contributed by atoms with van der Waals surface area (Å²) >= 11 is 0. The highest BCUT2D eigenvalue weighted by molar-refractivity contribution is 5.81. The van der Waals surface area contributed by atoms with Crippen LogP contribution in [-0.4, -0.2) is 41.0 Å². The number of rotatable bonds is 4. The zero-order valence-corrected chi connectivity index (χ0v) is 11.1. The fourth-order valence-corrected chi connectivity index (χ4v) is 0.787. The summed E-state index contributed by atoms with van der Waals surface area (Å²) in [5, 5.41) is 8.54. The van der Waals surface area contributed by atoms with Gasteiger partial charge in [0.05, 0.1) is 0 Å². The molecule has 1 N–H and O–H groups in total. The van der Waals surface area contributed by atoms with Crippen molar-refractivity contribution in [2.45, 2.75) is 52.4 Å². The van der Waals surface area contributed by atoms with Crippen molar-refractivity contribution in [2.75, 3.05) is 0 Å². The summed E-state index contributed by atoms with van der Waals surface area (Å²) in [6.45, 7) is 7.39. The van der Waals surface area contributed by atoms with E-state index in [4.69, 9.17) is 9.84 Å². The zero-order chi connectivity index (χ0) is 14.5. The van der Waals surface area contributed by atoms with Crippen LogP contribution in [0, 0.1) is 0 Å². The quantitative estimate of drug-likeness (QED) is 0.763. The Morgan fingerprint density at radius 1 is 1.00 bits per heavy atom. The van der Waals surface area contributed by atoms with Gasteiger partial charge in [-0.2, -0.15) is 0 Å². The number of hydrogen-bond acceptors (Lipinski definition) is 6. The van der Waals surface area contributed by atoms with E-state index in [9.17, 15) is 14.4 Å². The average molecular weight is 262 g/mol. The lowest BCUT2D eigenvalue weighted by atomic mass is 10.2. The van der Waals surface area contributed by atoms with Gasteiger partial charge in [0.15, 0.2) is 12.2 Å². The van der Waals surface area contributed by atoms with Gasteiger partial charge in [0, 0.05) is 0 Å². The Morgan fingerprint density at radius 2 is 1.50 bits per heavy atom. The molecule has 0 aromatic heterocycles. The highest BCUT2D eigenvalue weighted by Crippen LogP contribution is 2.10. The lowest BCUT2D eigenvalue weighted by Crippen LogP contribution is -2.34. The Balaban J connectivity index is 4.24. The molecule has 7 nitrogen and oxygen atoms in total. The van der Waals surface area contributed by atoms with Crippen LogP contribution in [0.2, 0.25) is 0 Å². The third kappa shape index (κ3) is 6.72. The van der Waals surface area contributed by atoms with Crippen LogP contribution >= 0.6 is 0 Å². The summed E-state index contributed by atoms with van der Waals surface area (Å²) in [6.07, 6.45) is -3.56. The van der Waals surface area contributed by atoms with E-state index in [1.807, 2.05) is 0 Å². The minimum Gasteiger partial charge on any atom is -0.479 e. The lowest BCUT2D eigenvalue weighted by molar-refractivity contribution is -0.169. The van der Waals surface area contributed by atoms with E-state index in [1.54, 1.807) is 20.8 Å². The van der Waals surface area contributed by atoms with Gasteiger partial charge in [0.2, 0.25) is 0 Å². The number of hydrogen-bond donors (Lipinski definition) is 1. The second kappa shape index (κ2) is 6.23. The van der Waals surface area contributed by atoms with Gasteiger partial charge in [-0.1, -0.05) is 0 Å². The monoisotopic (exact) mass is 262 g/mol. The first kappa shape index (κ1) is 16.2. The molecule has 18 heavy (non-hydrogen) atoms. The molecule has 0 aliphatic rings. The van der Waals surface area contributed by atoms with Crippen LogP contribution in [0.5, 0.6) is 0 Å². The van der Waals surface area contributed by atoms with Crippen LogP contribution in [0.1, 0.15) is 34.6 Å². The van der Waals surface area contributed by atoms with Crippen LogP contribution in [0.25, 0.3) is 0 Å². The van der Waals surface area contributed by atoms with Crippen molar-refractivity contribution in [1.29, 1.82) is 0 Å². The molecule has 7 heteroatoms. The topological polar surface area (TPSA) is 99.1 Å². The molecule has 0 rings (SSSR count). The van der Waals surface area contributed by atoms with Crippen LogP contribution in [0.3, 0.4) is 0 Å². The Kier molecular flexibility index (Phi) is 5.61. The van der Waals surface area contributed by atoms with Gasteiger partial charge in [-0.3, -0.25) is 0 Å². The summed E-state index contributed by atoms with van der Waals surface area (Å²) in [5.41, 5.74) is -0.741. The first-order valence-electron chi connectivity index (χ1n) is 5.36. The first-order chi connectivity index (χ1) is 8.03. The number of carboxylic acids is 1. The molecule has 0 unspecified atom stereocenters. The summed E-state index contributed by atoms with van der Waals surface area (Å²) in [6, 6.07) is 0. The number of carbonyl (C=O) groups excluding carboxylic acids is 2. The number of ether oxygens (including phenoxy) is 3. The van der Waals surface area contributed by atoms with Crippen molar-refractivity contribution < 1.29 is 33.7 Å². The van der Waals surface area contributed by atoms with Crippen molar-refractivity contribution in [1.82, 2.24) is 0 Å². The third-order valence-corrected chi connectivity index (χ3v) is 1.64. The predicted octanol–water partition coefficient (Wildman–Crippen LogP) is 1.34. The molecule has 0 saturated heterocycles. The van der Waals surface area contributed by atoms with Crippen molar-refractivity contribution in [3.63, 3.8) is 0 Å². The second-order valence-electron chi connectivity index (χ2n) is 4.64. The summed E-state index contributed by atoms with van der Waals surface area (Å²) < 4.78 is 14.0. The minimum atomic E-state index is -1.30. The maximum atomic E-state index is 11.3. The van der Waals surface area contributed by atoms with E-state index >= 15 is 0 Å². The standard InChI is InChI=1S/C11H18O7/c1-6(8(12)13)16-9(14)7(2)17-10(15)18-11(3,4)5/h6-7H,1-5H3,(H,12,13)/t6-,7-/m0/s1. The molecule has 2 atom stereocenters. The highest BCUT2D eigenvalue weighted by atomic mass is 16.7. The van der Waals surface area contributed by atoms with E-state index in [0.717, 1.165) is 0 Å². The highest BCUT2D eigenvalue weighted by Gasteiger charge is 2.26. The maximum Gasteiger partial charge on any atom is 0.509 e. The molecule has 104 valence electrons. The Morgan fingerprint density at radius 3 is 1.89 bits per heavy atom. The van der Waals surface area contributed by atoms with Crippen molar-refractivity contribution in [3.05, 3.63) is 0 Å². The molecular weight excluding hydrogens is 244 g/mol. The summed E-state index contributed by atoms with van der Waals surface area (Å²) in [5.74, 6) is -2.23. The van der Waals surface area contributed by atoms with Gasteiger partial charge in [-0.05, 0) is 34.6 Å². The fourth-order valence-electron chi connectivity index (χ4n) is 0.787. The number of aliphatic carboxylic acids is 1. The van der Waals surface area contributed by atoms with E-state index in [2.05, 4.69) is 9.47 Å². The molecule has 0 aromatic carbocycles. The predicted molar refractivity (Wildman–Crippen MR) is 60.0 cm³/mol. The number of carbonyl (C=O) groups is 3. The van der Waals surface area contributed by atoms with Crippen molar-refractivity contribution >= 4 is 18.1 Å². The lowest BCUT2D eigenvalue weighted by Gasteiger charge is -2.20. The molecular formula is C11H18O7. The average Bonchev–Trinajstić information content (AvgIpc) is 2.13. The van der Waals surface area contributed by atoms with Gasteiger partial charge in [0.1, 0.15) is 5.60 Å².